The highest BCUT2D eigenvalue weighted by atomic mass is 16.2. The molecule has 130 valence electrons. The van der Waals surface area contributed by atoms with Gasteiger partial charge in [0.05, 0.1) is 10.9 Å². The molecule has 3 aromatic rings. The molecule has 0 atom stereocenters. The number of fused-ring (bicyclic) bond motifs is 1. The van der Waals surface area contributed by atoms with Gasteiger partial charge in [-0.05, 0) is 44.0 Å². The Hall–Kier alpha value is -2.82. The van der Waals surface area contributed by atoms with Crippen LogP contribution in [0, 0.1) is 6.92 Å². The number of carbonyl (C=O) groups is 1. The molecule has 0 aliphatic heterocycles. The minimum atomic E-state index is -0.284. The number of para-hydroxylation sites is 1. The zero-order valence-corrected chi connectivity index (χ0v) is 14.9. The van der Waals surface area contributed by atoms with E-state index in [4.69, 9.17) is 0 Å². The topological polar surface area (TPSA) is 47.2 Å². The van der Waals surface area contributed by atoms with Gasteiger partial charge in [-0.2, -0.15) is 4.68 Å². The van der Waals surface area contributed by atoms with Gasteiger partial charge in [-0.15, -0.1) is 0 Å². The van der Waals surface area contributed by atoms with Crippen LogP contribution in [0.15, 0.2) is 53.3 Å². The molecule has 0 saturated heterocycles. The van der Waals surface area contributed by atoms with E-state index in [2.05, 4.69) is 0 Å². The summed E-state index contributed by atoms with van der Waals surface area (Å²) in [4.78, 5) is 27.6. The molecule has 0 N–H and O–H groups in total. The molecule has 0 aliphatic carbocycles. The van der Waals surface area contributed by atoms with E-state index >= 15 is 0 Å². The van der Waals surface area contributed by atoms with Gasteiger partial charge in [0.1, 0.15) is 0 Å². The van der Waals surface area contributed by atoms with Gasteiger partial charge < -0.3 is 4.90 Å². The zero-order valence-electron chi connectivity index (χ0n) is 14.9. The summed E-state index contributed by atoms with van der Waals surface area (Å²) in [6.07, 6.45) is 0. The smallest absolute Gasteiger partial charge is 0.319 e. The molecule has 0 saturated carbocycles. The van der Waals surface area contributed by atoms with Gasteiger partial charge in [-0.3, -0.25) is 9.48 Å². The lowest BCUT2D eigenvalue weighted by Gasteiger charge is -2.23. The Balaban J connectivity index is 2.04. The van der Waals surface area contributed by atoms with Crippen LogP contribution in [0.1, 0.15) is 25.0 Å². The fraction of sp³-hybridized carbons (Fsp3) is 0.300. The van der Waals surface area contributed by atoms with Crippen molar-refractivity contribution in [1.29, 1.82) is 0 Å². The lowest BCUT2D eigenvalue weighted by Crippen LogP contribution is -2.41. The SMILES string of the molecule is CCN(Cc1ccccc1C)C(=O)n1c(=O)c2ccccc2n1CC. The maximum atomic E-state index is 13.1. The van der Waals surface area contributed by atoms with Gasteiger partial charge in [0.2, 0.25) is 0 Å². The molecular formula is C20H23N3O2. The molecule has 0 bridgehead atoms. The Morgan fingerprint density at radius 3 is 2.40 bits per heavy atom. The Morgan fingerprint density at radius 2 is 1.72 bits per heavy atom. The maximum Gasteiger partial charge on any atom is 0.346 e. The van der Waals surface area contributed by atoms with Gasteiger partial charge in [0.25, 0.3) is 5.56 Å². The molecule has 0 fully saturated rings. The van der Waals surface area contributed by atoms with Crippen LogP contribution in [0.5, 0.6) is 0 Å². The van der Waals surface area contributed by atoms with Crippen LogP contribution in [0.25, 0.3) is 10.9 Å². The Labute approximate surface area is 147 Å². The maximum absolute atomic E-state index is 13.1. The molecule has 0 radical (unpaired) electrons. The molecule has 0 aliphatic rings. The number of carbonyl (C=O) groups excluding carboxylic acids is 1. The summed E-state index contributed by atoms with van der Waals surface area (Å²) in [5.74, 6) is 0. The molecule has 1 heterocycles. The van der Waals surface area contributed by atoms with E-state index in [9.17, 15) is 9.59 Å². The van der Waals surface area contributed by atoms with E-state index in [0.717, 1.165) is 16.6 Å². The first-order valence-corrected chi connectivity index (χ1v) is 8.62. The molecule has 1 aromatic heterocycles. The van der Waals surface area contributed by atoms with E-state index < -0.39 is 0 Å². The number of benzene rings is 2. The summed E-state index contributed by atoms with van der Waals surface area (Å²) >= 11 is 0. The highest BCUT2D eigenvalue weighted by Gasteiger charge is 2.22. The third-order valence-corrected chi connectivity index (χ3v) is 4.60. The predicted octanol–water partition coefficient (Wildman–Crippen LogP) is 3.62. The number of hydrogen-bond acceptors (Lipinski definition) is 2. The quantitative estimate of drug-likeness (QED) is 0.730. The zero-order chi connectivity index (χ0) is 18.0. The van der Waals surface area contributed by atoms with Crippen molar-refractivity contribution in [3.05, 3.63) is 70.0 Å². The molecule has 5 heteroatoms. The van der Waals surface area contributed by atoms with Gasteiger partial charge in [-0.25, -0.2) is 4.79 Å². The highest BCUT2D eigenvalue weighted by Crippen LogP contribution is 2.14. The van der Waals surface area contributed by atoms with Crippen LogP contribution in [-0.4, -0.2) is 26.8 Å². The number of amides is 1. The van der Waals surface area contributed by atoms with Gasteiger partial charge in [0, 0.05) is 19.6 Å². The Kier molecular flexibility index (Phi) is 4.74. The summed E-state index contributed by atoms with van der Waals surface area (Å²) in [5.41, 5.74) is 2.75. The number of hydrogen-bond donors (Lipinski definition) is 0. The van der Waals surface area contributed by atoms with Crippen molar-refractivity contribution in [2.75, 3.05) is 6.54 Å². The molecule has 2 aromatic carbocycles. The van der Waals surface area contributed by atoms with Crippen LogP contribution < -0.4 is 5.56 Å². The molecule has 25 heavy (non-hydrogen) atoms. The third kappa shape index (κ3) is 2.97. The monoisotopic (exact) mass is 337 g/mol. The second-order valence-electron chi connectivity index (χ2n) is 6.07. The number of nitrogens with zero attached hydrogens (tertiary/aromatic N) is 3. The summed E-state index contributed by atoms with van der Waals surface area (Å²) in [7, 11) is 0. The van der Waals surface area contributed by atoms with Crippen molar-refractivity contribution < 1.29 is 4.79 Å². The van der Waals surface area contributed by atoms with E-state index in [1.165, 1.54) is 4.68 Å². The van der Waals surface area contributed by atoms with Crippen LogP contribution >= 0.6 is 0 Å². The molecule has 1 amide bonds. The van der Waals surface area contributed by atoms with E-state index in [1.807, 2.05) is 63.2 Å². The molecule has 5 nitrogen and oxygen atoms in total. The molecule has 0 unspecified atom stereocenters. The fourth-order valence-electron chi connectivity index (χ4n) is 3.15. The first-order valence-electron chi connectivity index (χ1n) is 8.62. The number of aryl methyl sites for hydroxylation is 2. The van der Waals surface area contributed by atoms with E-state index in [-0.39, 0.29) is 11.6 Å². The lowest BCUT2D eigenvalue weighted by atomic mass is 10.1. The second-order valence-corrected chi connectivity index (χ2v) is 6.07. The van der Waals surface area contributed by atoms with Crippen LogP contribution in [0.2, 0.25) is 0 Å². The summed E-state index contributed by atoms with van der Waals surface area (Å²) < 4.78 is 3.02. The van der Waals surface area contributed by atoms with Gasteiger partial charge in [0.15, 0.2) is 0 Å². The minimum absolute atomic E-state index is 0.259. The van der Waals surface area contributed by atoms with E-state index in [1.54, 1.807) is 15.6 Å². The lowest BCUT2D eigenvalue weighted by molar-refractivity contribution is 0.191. The average Bonchev–Trinajstić information content (AvgIpc) is 2.93. The van der Waals surface area contributed by atoms with Crippen LogP contribution in [-0.2, 0) is 13.1 Å². The molecule has 0 spiro atoms. The number of rotatable bonds is 4. The standard InChI is InChI=1S/C20H23N3O2/c1-4-21(14-16-11-7-6-10-15(16)3)20(25)23-19(24)17-12-8-9-13-18(17)22(23)5-2/h6-13H,4-5,14H2,1-3H3. The largest absolute Gasteiger partial charge is 0.346 e. The van der Waals surface area contributed by atoms with Gasteiger partial charge >= 0.3 is 6.03 Å². The summed E-state index contributed by atoms with van der Waals surface area (Å²) in [6.45, 7) is 7.47. The Morgan fingerprint density at radius 1 is 1.04 bits per heavy atom. The third-order valence-electron chi connectivity index (χ3n) is 4.60. The highest BCUT2D eigenvalue weighted by molar-refractivity contribution is 5.85. The van der Waals surface area contributed by atoms with Crippen LogP contribution in [0.4, 0.5) is 4.79 Å². The average molecular weight is 337 g/mol. The first kappa shape index (κ1) is 17.0. The molecular weight excluding hydrogens is 314 g/mol. The molecule has 3 rings (SSSR count). The van der Waals surface area contributed by atoms with Crippen molar-refractivity contribution in [3.8, 4) is 0 Å². The normalized spacial score (nSPS) is 11.0. The van der Waals surface area contributed by atoms with Crippen molar-refractivity contribution in [3.63, 3.8) is 0 Å². The second kappa shape index (κ2) is 6.97. The van der Waals surface area contributed by atoms with Crippen LogP contribution in [0.3, 0.4) is 0 Å². The van der Waals surface area contributed by atoms with Crippen molar-refractivity contribution >= 4 is 16.9 Å². The summed E-state index contributed by atoms with van der Waals surface area (Å²) in [5, 5.41) is 0.574. The fourth-order valence-corrected chi connectivity index (χ4v) is 3.15. The van der Waals surface area contributed by atoms with E-state index in [0.29, 0.717) is 25.0 Å². The Bertz CT molecular complexity index is 968. The van der Waals surface area contributed by atoms with Crippen molar-refractivity contribution in [2.24, 2.45) is 0 Å². The first-order chi connectivity index (χ1) is 12.1. The van der Waals surface area contributed by atoms with Crippen molar-refractivity contribution in [1.82, 2.24) is 14.3 Å². The van der Waals surface area contributed by atoms with Gasteiger partial charge in [-0.1, -0.05) is 36.4 Å². The number of aromatic nitrogens is 2. The van der Waals surface area contributed by atoms with Crippen molar-refractivity contribution in [2.45, 2.75) is 33.9 Å². The predicted molar refractivity (Wildman–Crippen MR) is 99.9 cm³/mol. The summed E-state index contributed by atoms with van der Waals surface area (Å²) in [6, 6.07) is 15.1. The minimum Gasteiger partial charge on any atom is -0.319 e.